The fourth-order valence-electron chi connectivity index (χ4n) is 3.94. The molecule has 0 aliphatic carbocycles. The van der Waals surface area contributed by atoms with Gasteiger partial charge in [-0.25, -0.2) is 13.1 Å². The summed E-state index contributed by atoms with van der Waals surface area (Å²) in [5.74, 6) is 0.0156. The molecule has 11 heteroatoms. The molecule has 2 aliphatic rings. The standard InChI is InChI=1S/C21H24N4O5S2/c1-22-31(27,28)14-16-10-8-15(9-11-16)13-23-21(26)18-6-4-12-25(18)20-17-5-2-3-7-19(17)32(29,30)24-20/h2-3,5,7-11,18,22H,4,6,12-14H2,1H3,(H,23,26)/t18-/m0/s1. The van der Waals surface area contributed by atoms with Crippen LogP contribution in [0.5, 0.6) is 0 Å². The third-order valence-electron chi connectivity index (χ3n) is 5.60. The summed E-state index contributed by atoms with van der Waals surface area (Å²) < 4.78 is 54.3. The molecule has 2 aliphatic heterocycles. The third kappa shape index (κ3) is 4.54. The van der Waals surface area contributed by atoms with Gasteiger partial charge in [0.1, 0.15) is 10.9 Å². The van der Waals surface area contributed by atoms with E-state index in [2.05, 4.69) is 14.4 Å². The minimum Gasteiger partial charge on any atom is -0.350 e. The maximum atomic E-state index is 12.9. The Bertz CT molecular complexity index is 1270. The van der Waals surface area contributed by atoms with E-state index in [-0.39, 0.29) is 23.1 Å². The van der Waals surface area contributed by atoms with Crippen molar-refractivity contribution in [2.75, 3.05) is 13.6 Å². The molecule has 2 heterocycles. The summed E-state index contributed by atoms with van der Waals surface area (Å²) in [6, 6.07) is 13.1. The van der Waals surface area contributed by atoms with E-state index >= 15 is 0 Å². The van der Waals surface area contributed by atoms with Crippen LogP contribution in [0.4, 0.5) is 0 Å². The molecule has 0 radical (unpaired) electrons. The van der Waals surface area contributed by atoms with Crippen molar-refractivity contribution in [1.29, 1.82) is 0 Å². The Kier molecular flexibility index (Phi) is 6.06. The molecule has 2 N–H and O–H groups in total. The molecule has 0 spiro atoms. The van der Waals surface area contributed by atoms with E-state index in [4.69, 9.17) is 0 Å². The average Bonchev–Trinajstić information content (AvgIpc) is 3.36. The average molecular weight is 477 g/mol. The maximum Gasteiger partial charge on any atom is 0.285 e. The van der Waals surface area contributed by atoms with Crippen molar-refractivity contribution in [2.45, 2.75) is 36.1 Å². The summed E-state index contributed by atoms with van der Waals surface area (Å²) in [4.78, 5) is 14.8. The van der Waals surface area contributed by atoms with Gasteiger partial charge >= 0.3 is 0 Å². The monoisotopic (exact) mass is 476 g/mol. The van der Waals surface area contributed by atoms with Gasteiger partial charge in [0.05, 0.1) is 5.75 Å². The number of hydrogen-bond donors (Lipinski definition) is 2. The van der Waals surface area contributed by atoms with Crippen molar-refractivity contribution >= 4 is 31.8 Å². The second kappa shape index (κ2) is 8.64. The normalized spacial score (nSPS) is 19.5. The van der Waals surface area contributed by atoms with Crippen LogP contribution in [0.2, 0.25) is 0 Å². The van der Waals surface area contributed by atoms with Gasteiger partial charge in [0.25, 0.3) is 10.0 Å². The van der Waals surface area contributed by atoms with Gasteiger partial charge in [-0.2, -0.15) is 8.42 Å². The zero-order valence-electron chi connectivity index (χ0n) is 17.5. The van der Waals surface area contributed by atoms with Crippen molar-refractivity contribution in [3.63, 3.8) is 0 Å². The predicted octanol–water partition coefficient (Wildman–Crippen LogP) is 0.966. The zero-order chi connectivity index (χ0) is 22.9. The van der Waals surface area contributed by atoms with E-state index in [1.165, 1.54) is 13.1 Å². The lowest BCUT2D eigenvalue weighted by Gasteiger charge is -2.25. The van der Waals surface area contributed by atoms with Crippen LogP contribution < -0.4 is 10.0 Å². The van der Waals surface area contributed by atoms with E-state index in [9.17, 15) is 21.6 Å². The Morgan fingerprint density at radius 1 is 1.12 bits per heavy atom. The second-order valence-corrected chi connectivity index (χ2v) is 11.2. The number of carbonyl (C=O) groups is 1. The summed E-state index contributed by atoms with van der Waals surface area (Å²) in [6.45, 7) is 0.832. The Morgan fingerprint density at radius 2 is 1.81 bits per heavy atom. The molecule has 0 bridgehead atoms. The van der Waals surface area contributed by atoms with Crippen molar-refractivity contribution in [3.8, 4) is 0 Å². The Labute approximate surface area is 187 Å². The molecule has 2 aromatic carbocycles. The van der Waals surface area contributed by atoms with Crippen molar-refractivity contribution in [2.24, 2.45) is 4.40 Å². The summed E-state index contributed by atoms with van der Waals surface area (Å²) in [7, 11) is -5.72. The lowest BCUT2D eigenvalue weighted by Crippen LogP contribution is -2.45. The minimum absolute atomic E-state index is 0.111. The van der Waals surface area contributed by atoms with Gasteiger partial charge in [0.2, 0.25) is 15.9 Å². The summed E-state index contributed by atoms with van der Waals surface area (Å²) in [5, 5.41) is 2.90. The van der Waals surface area contributed by atoms with Gasteiger partial charge in [-0.15, -0.1) is 4.40 Å². The highest BCUT2D eigenvalue weighted by molar-refractivity contribution is 7.90. The summed E-state index contributed by atoms with van der Waals surface area (Å²) in [5.41, 5.74) is 2.01. The molecule has 2 aromatic rings. The fraction of sp³-hybridized carbons (Fsp3) is 0.333. The second-order valence-electron chi connectivity index (χ2n) is 7.74. The van der Waals surface area contributed by atoms with E-state index in [1.54, 1.807) is 47.4 Å². The number of amides is 1. The highest BCUT2D eigenvalue weighted by atomic mass is 32.2. The SMILES string of the molecule is CNS(=O)(=O)Cc1ccc(CNC(=O)[C@@H]2CCCN2C2=NS(=O)(=O)c3ccccc32)cc1. The first kappa shape index (κ1) is 22.4. The topological polar surface area (TPSA) is 125 Å². The van der Waals surface area contributed by atoms with Crippen LogP contribution in [0.15, 0.2) is 57.8 Å². The summed E-state index contributed by atoms with van der Waals surface area (Å²) >= 11 is 0. The molecule has 0 aromatic heterocycles. The van der Waals surface area contributed by atoms with Gasteiger partial charge in [-0.1, -0.05) is 36.4 Å². The zero-order valence-corrected chi connectivity index (χ0v) is 19.1. The van der Waals surface area contributed by atoms with Crippen molar-refractivity contribution in [1.82, 2.24) is 14.9 Å². The molecular formula is C21H24N4O5S2. The van der Waals surface area contributed by atoms with Gasteiger partial charge in [0.15, 0.2) is 5.84 Å². The van der Waals surface area contributed by atoms with Crippen molar-refractivity contribution < 1.29 is 21.6 Å². The lowest BCUT2D eigenvalue weighted by molar-refractivity contribution is -0.124. The number of nitrogens with zero attached hydrogens (tertiary/aromatic N) is 2. The molecule has 32 heavy (non-hydrogen) atoms. The van der Waals surface area contributed by atoms with Gasteiger partial charge in [0, 0.05) is 18.7 Å². The van der Waals surface area contributed by atoms with Gasteiger partial charge < -0.3 is 10.2 Å². The highest BCUT2D eigenvalue weighted by Gasteiger charge is 2.39. The predicted molar refractivity (Wildman–Crippen MR) is 120 cm³/mol. The number of amidine groups is 1. The number of hydrogen-bond acceptors (Lipinski definition) is 6. The lowest BCUT2D eigenvalue weighted by atomic mass is 10.1. The van der Waals surface area contributed by atoms with E-state index in [0.717, 1.165) is 12.0 Å². The number of carbonyl (C=O) groups excluding carboxylic acids is 1. The molecule has 1 saturated heterocycles. The molecule has 1 amide bonds. The molecule has 4 rings (SSSR count). The van der Waals surface area contributed by atoms with E-state index < -0.39 is 26.1 Å². The Morgan fingerprint density at radius 3 is 2.53 bits per heavy atom. The quantitative estimate of drug-likeness (QED) is 0.640. The van der Waals surface area contributed by atoms with Crippen LogP contribution in [-0.4, -0.2) is 53.1 Å². The van der Waals surface area contributed by atoms with E-state index in [0.29, 0.717) is 29.9 Å². The minimum atomic E-state index is -3.75. The van der Waals surface area contributed by atoms with E-state index in [1.807, 2.05) is 0 Å². The number of sulfonamides is 2. The summed E-state index contributed by atoms with van der Waals surface area (Å²) in [6.07, 6.45) is 1.36. The number of fused-ring (bicyclic) bond motifs is 1. The fourth-order valence-corrected chi connectivity index (χ4v) is 5.93. The van der Waals surface area contributed by atoms with Crippen LogP contribution in [0, 0.1) is 0 Å². The smallest absolute Gasteiger partial charge is 0.285 e. The largest absolute Gasteiger partial charge is 0.350 e. The first-order valence-corrected chi connectivity index (χ1v) is 13.3. The number of likely N-dealkylation sites (tertiary alicyclic amines) is 1. The number of benzene rings is 2. The molecule has 1 atom stereocenters. The van der Waals surface area contributed by atoms with Crippen LogP contribution in [-0.2, 0) is 37.1 Å². The van der Waals surface area contributed by atoms with Gasteiger partial charge in [-0.3, -0.25) is 4.79 Å². The van der Waals surface area contributed by atoms with Crippen molar-refractivity contribution in [3.05, 3.63) is 65.2 Å². The van der Waals surface area contributed by atoms with Gasteiger partial charge in [-0.05, 0) is 43.1 Å². The molecular weight excluding hydrogens is 452 g/mol. The molecule has 1 fully saturated rings. The molecule has 170 valence electrons. The number of rotatable bonds is 6. The molecule has 9 nitrogen and oxygen atoms in total. The third-order valence-corrected chi connectivity index (χ3v) is 8.26. The Hall–Kier alpha value is -2.76. The number of nitrogens with one attached hydrogen (secondary N) is 2. The van der Waals surface area contributed by atoms with Crippen LogP contribution in [0.3, 0.4) is 0 Å². The maximum absolute atomic E-state index is 12.9. The first-order chi connectivity index (χ1) is 15.2. The van der Waals surface area contributed by atoms with Crippen LogP contribution in [0.1, 0.15) is 29.5 Å². The Balaban J connectivity index is 1.43. The van der Waals surface area contributed by atoms with Crippen LogP contribution in [0.25, 0.3) is 0 Å². The van der Waals surface area contributed by atoms with Crippen LogP contribution >= 0.6 is 0 Å². The first-order valence-electron chi connectivity index (χ1n) is 10.2. The highest BCUT2D eigenvalue weighted by Crippen LogP contribution is 2.31. The molecule has 0 unspecified atom stereocenters. The molecule has 0 saturated carbocycles.